The molecule has 19 heterocycles. The molecule has 5 nitrogen and oxygen atoms in total. The molecule has 4 aromatic heterocycles. The third kappa shape index (κ3) is 8.28. The molecule has 15 aliphatic heterocycles. The minimum absolute atomic E-state index is 0.00247. The van der Waals surface area contributed by atoms with Crippen molar-refractivity contribution in [1.29, 1.82) is 0 Å². The number of benzene rings is 16. The quantitative estimate of drug-likeness (QED) is 0.139. The molecule has 20 aromatic rings. The molecule has 15 aliphatic rings. The summed E-state index contributed by atoms with van der Waals surface area (Å²) in [5, 5.41) is 12.7. The van der Waals surface area contributed by atoms with Crippen LogP contribution >= 0.6 is 12.7 Å². The molecule has 16 aromatic carbocycles. The van der Waals surface area contributed by atoms with Gasteiger partial charge in [0.05, 0.1) is 16.6 Å². The Morgan fingerprint density at radius 1 is 0.292 bits per heavy atom. The van der Waals surface area contributed by atoms with Gasteiger partial charge < -0.3 is 13.7 Å². The summed E-state index contributed by atoms with van der Waals surface area (Å²) in [6.45, 7) is 30.6. The first-order valence-electron chi connectivity index (χ1n) is 48.6. The van der Waals surface area contributed by atoms with Crippen molar-refractivity contribution in [3.8, 4) is 22.7 Å². The second-order valence-electron chi connectivity index (χ2n) is 44.7. The molecule has 0 aliphatic carbocycles. The van der Waals surface area contributed by atoms with Gasteiger partial charge in [-0.15, -0.1) is 0 Å². The van der Waals surface area contributed by atoms with E-state index in [4.69, 9.17) is 4.86 Å². The molecule has 35 rings (SSSR count). The Morgan fingerprint density at radius 3 is 1.12 bits per heavy atom. The zero-order valence-electron chi connectivity index (χ0n) is 76.0. The topological polar surface area (TPSA) is 31.8 Å². The molecule has 0 saturated carbocycles. The average molecular weight is 1690 g/mol. The number of nitrogens with one attached hydrogen (secondary N) is 1. The zero-order valence-corrected chi connectivity index (χ0v) is 77.8. The first kappa shape index (κ1) is 74.0. The Balaban J connectivity index is 0.0000000829. The summed E-state index contributed by atoms with van der Waals surface area (Å²) in [5.41, 5.74) is 50.2. The van der Waals surface area contributed by atoms with Crippen LogP contribution in [0.4, 0.5) is 0 Å². The van der Waals surface area contributed by atoms with Crippen LogP contribution in [0.3, 0.4) is 0 Å². The first-order valence-corrected chi connectivity index (χ1v) is 53.9. The van der Waals surface area contributed by atoms with Gasteiger partial charge >= 0.3 is 239 Å². The van der Waals surface area contributed by atoms with Gasteiger partial charge in [-0.25, -0.2) is 0 Å². The summed E-state index contributed by atoms with van der Waals surface area (Å²) < 4.78 is 10.2. The van der Waals surface area contributed by atoms with Crippen molar-refractivity contribution in [2.75, 3.05) is 0 Å². The van der Waals surface area contributed by atoms with Crippen molar-refractivity contribution < 1.29 is 0 Å². The van der Waals surface area contributed by atoms with E-state index in [0.29, 0.717) is 40.8 Å². The van der Waals surface area contributed by atoms with E-state index in [9.17, 15) is 0 Å². The van der Waals surface area contributed by atoms with E-state index in [-0.39, 0.29) is 21.7 Å². The van der Waals surface area contributed by atoms with Crippen LogP contribution in [0.15, 0.2) is 315 Å². The second kappa shape index (κ2) is 23.6. The minimum atomic E-state index is -1.77. The van der Waals surface area contributed by atoms with Crippen LogP contribution in [0.5, 0.6) is 0 Å². The van der Waals surface area contributed by atoms with Gasteiger partial charge in [0.25, 0.3) is 0 Å². The van der Waals surface area contributed by atoms with Crippen molar-refractivity contribution in [3.05, 3.63) is 377 Å². The zero-order chi connectivity index (χ0) is 86.4. The van der Waals surface area contributed by atoms with Crippen LogP contribution < -0.4 is 75.7 Å². The summed E-state index contributed by atoms with van der Waals surface area (Å²) in [6.07, 6.45) is 2.86. The van der Waals surface area contributed by atoms with Gasteiger partial charge in [-0.3, -0.25) is 0 Å². The van der Waals surface area contributed by atoms with E-state index in [1.165, 1.54) is 239 Å². The van der Waals surface area contributed by atoms with Gasteiger partial charge in [-0.05, 0) is 134 Å². The fourth-order valence-corrected chi connectivity index (χ4v) is 57.4. The molecule has 1 radical (unpaired) electrons. The maximum atomic E-state index is 4.85. The number of fused-ring (bicyclic) bond motifs is 29. The van der Waals surface area contributed by atoms with Crippen LogP contribution in [0, 0.1) is 20.8 Å². The van der Waals surface area contributed by atoms with Gasteiger partial charge in [0.2, 0.25) is 20.1 Å². The average Bonchev–Trinajstić information content (AvgIpc) is 1.33. The molecular formula is C111H90B12N5P2-2. The number of aryl methyl sites for hydroxylation is 3. The normalized spacial score (nSPS) is 19.2. The Hall–Kier alpha value is -11.7. The Kier molecular flexibility index (Phi) is 13.4. The monoisotopic (exact) mass is 1690 g/mol. The van der Waals surface area contributed by atoms with Gasteiger partial charge in [0.1, 0.15) is 0 Å². The molecule has 0 amide bonds. The van der Waals surface area contributed by atoms with Crippen LogP contribution in [-0.2, 0) is 21.7 Å². The fraction of sp³-hybridized carbons (Fsp3) is 0.135. The molecule has 130 heavy (non-hydrogen) atoms. The largest absolute Gasteiger partial charge is 0.310 e. The third-order valence-corrected chi connectivity index (χ3v) is 56.1. The summed E-state index contributed by atoms with van der Waals surface area (Å²) in [6, 6.07) is 120. The second-order valence-corrected chi connectivity index (χ2v) is 56.8. The van der Waals surface area contributed by atoms with Gasteiger partial charge in [0.15, 0.2) is 0 Å². The summed E-state index contributed by atoms with van der Waals surface area (Å²) in [7, 11) is 0.335. The minimum Gasteiger partial charge on any atom is -0.310 e. The van der Waals surface area contributed by atoms with Crippen molar-refractivity contribution in [2.24, 2.45) is 0 Å². The summed E-state index contributed by atoms with van der Waals surface area (Å²) in [5.74, 6) is 0. The van der Waals surface area contributed by atoms with Crippen molar-refractivity contribution in [3.63, 3.8) is 0 Å². The Morgan fingerprint density at radius 2 is 0.654 bits per heavy atom. The molecule has 19 heteroatoms. The number of nitrogens with zero attached hydrogens (tertiary/aromatic N) is 4. The van der Waals surface area contributed by atoms with E-state index in [1.807, 2.05) is 5.30 Å². The SMILES string of the molecule is CC1(C)c2ccc(P34(NP567[B]B5B6[BH2-]7)B5[BH2-]B3B54)cc2B2c3c(cccc31)-n1c3ccccc3c3cccc2c31.Cc1ccc2c(c1)C(C)(C)c1cccc3c1B2c1cccc2c4ccccc4n-3c12.Cc1ccc2c3c1C(C)(C)c1ccccc1B3c1cccc3c4ccccc4n-2c13.Cc1cccc2c1C(C)(C)c1cccc3c1B2c1cccc2c4ccccc4n-3c12. The van der Waals surface area contributed by atoms with Gasteiger partial charge in [-0.1, -0.05) is 264 Å². The van der Waals surface area contributed by atoms with E-state index in [0.717, 1.165) is 12.4 Å². The van der Waals surface area contributed by atoms with Crippen LogP contribution in [-0.4, -0.2) is 97.0 Å². The molecule has 7 fully saturated rings. The summed E-state index contributed by atoms with van der Waals surface area (Å²) >= 11 is 0. The number of para-hydroxylation sites is 8. The molecular weight excluding hydrogens is 1590 g/mol. The smallest absolute Gasteiger partial charge is 0.247 e. The van der Waals surface area contributed by atoms with Crippen LogP contribution in [0.2, 0.25) is 0 Å². The van der Waals surface area contributed by atoms with Gasteiger partial charge in [0, 0.05) is 82.2 Å². The van der Waals surface area contributed by atoms with Crippen molar-refractivity contribution >= 4 is 250 Å². The summed E-state index contributed by atoms with van der Waals surface area (Å²) in [4.78, 5) is 4.85. The predicted molar refractivity (Wildman–Crippen MR) is 578 cm³/mol. The maximum absolute atomic E-state index is 4.85. The number of aromatic nitrogens is 4. The maximum Gasteiger partial charge on any atom is 0.247 e. The van der Waals surface area contributed by atoms with Crippen molar-refractivity contribution in [1.82, 2.24) is 23.1 Å². The van der Waals surface area contributed by atoms with Gasteiger partial charge in [-0.2, -0.15) is 0 Å². The fourth-order valence-electron chi connectivity index (χ4n) is 32.4. The number of hydrogen-bond acceptors (Lipinski definition) is 1. The van der Waals surface area contributed by atoms with E-state index >= 15 is 0 Å². The molecule has 0 unspecified atom stereocenters. The third-order valence-electron chi connectivity index (χ3n) is 38.3. The predicted octanol–water partition coefficient (Wildman–Crippen LogP) is 14.2. The van der Waals surface area contributed by atoms with Crippen LogP contribution in [0.25, 0.3) is 110 Å². The van der Waals surface area contributed by atoms with Crippen molar-refractivity contribution in [2.45, 2.75) is 97.8 Å². The molecule has 2 bridgehead atoms. The molecule has 1 N–H and O–H groups in total. The Bertz CT molecular complexity index is 8830. The molecule has 7 saturated heterocycles. The first-order chi connectivity index (χ1) is 63.2. The molecule has 607 valence electrons. The molecule has 1 spiro atoms. The number of hydrogen-bond donors (Lipinski definition) is 1. The van der Waals surface area contributed by atoms with E-state index in [1.54, 1.807) is 16.5 Å². The van der Waals surface area contributed by atoms with E-state index < -0.39 is 12.7 Å². The standard InChI is InChI=1S/3C28H22BN.C27H24B9N2P2/c1-17-15-16-24-26-25(17)28(2,3)20-11-5-6-12-21(20)29(26)22-13-8-10-19-18-9-4-7-14-23(18)30(24)27(19)22;1-17-9-6-13-21-25(17)28(2,3)20-12-8-16-24-26(20)29(21)22-14-7-11-19-18-10-4-5-15-23(18)30(24)27(19)22;1-17-14-15-22-21(16-17)28(2,3)20-10-7-13-25-26(20)29(22)23-11-6-9-19-18-8-4-5-12-24(18)30(25)27(19)23;1-27(2)19-14-13-16(39(32-28-33(39)36(32)39)37-40-29-34(40)35(40)30-40)15-22(19)31-21-10-5-8-18-17-7-3-4-11-23(17)38(26(18)21)24-12-6-9-20(27)25(24)31/h3*4-16H,1-3H3;3-15,37H,28-29H2,1-2H3/q;;;-2. The molecule has 0 atom stereocenters. The van der Waals surface area contributed by atoms with Crippen LogP contribution in [0.1, 0.15) is 117 Å². The van der Waals surface area contributed by atoms with E-state index in [2.05, 4.69) is 417 Å². The number of rotatable bonds is 3. The Labute approximate surface area is 764 Å².